The molecule has 0 aliphatic rings. The van der Waals surface area contributed by atoms with Gasteiger partial charge in [-0.25, -0.2) is 0 Å². The largest absolute Gasteiger partial charge is 0.481 e. The molecule has 0 radical (unpaired) electrons. The number of anilines is 1. The van der Waals surface area contributed by atoms with Crippen LogP contribution in [-0.4, -0.2) is 22.7 Å². The van der Waals surface area contributed by atoms with Crippen LogP contribution in [0.25, 0.3) is 0 Å². The number of aliphatic carboxylic acids is 1. The summed E-state index contributed by atoms with van der Waals surface area (Å²) in [6.45, 7) is 2.06. The number of nitrogens with one attached hydrogen (secondary N) is 1. The zero-order valence-electron chi connectivity index (χ0n) is 13.6. The van der Waals surface area contributed by atoms with Gasteiger partial charge in [0.05, 0.1) is 5.75 Å². The Balaban J connectivity index is 1.74. The Morgan fingerprint density at radius 1 is 1.08 bits per heavy atom. The molecule has 24 heavy (non-hydrogen) atoms. The lowest BCUT2D eigenvalue weighted by Crippen LogP contribution is -2.14. The maximum Gasteiger partial charge on any atom is 0.303 e. The molecule has 0 spiro atoms. The summed E-state index contributed by atoms with van der Waals surface area (Å²) in [6, 6.07) is 15.6. The van der Waals surface area contributed by atoms with Gasteiger partial charge in [0.15, 0.2) is 0 Å². The summed E-state index contributed by atoms with van der Waals surface area (Å²) < 4.78 is 0. The van der Waals surface area contributed by atoms with Crippen molar-refractivity contribution in [3.8, 4) is 0 Å². The van der Waals surface area contributed by atoms with Crippen molar-refractivity contribution in [1.29, 1.82) is 0 Å². The molecule has 0 unspecified atom stereocenters. The van der Waals surface area contributed by atoms with Gasteiger partial charge in [-0.2, -0.15) is 0 Å². The minimum Gasteiger partial charge on any atom is -0.481 e. The first-order chi connectivity index (χ1) is 11.5. The Morgan fingerprint density at radius 2 is 1.83 bits per heavy atom. The summed E-state index contributed by atoms with van der Waals surface area (Å²) in [5, 5.41) is 11.5. The van der Waals surface area contributed by atoms with Crippen LogP contribution in [0.15, 0.2) is 48.5 Å². The second kappa shape index (κ2) is 9.13. The fraction of sp³-hybridized carbons (Fsp3) is 0.263. The average Bonchev–Trinajstić information content (AvgIpc) is 2.54. The van der Waals surface area contributed by atoms with Gasteiger partial charge in [-0.15, -0.1) is 11.8 Å². The number of carboxylic acid groups (broad SMARTS) is 1. The molecule has 0 atom stereocenters. The summed E-state index contributed by atoms with van der Waals surface area (Å²) in [5.41, 5.74) is 4.12. The molecule has 0 saturated heterocycles. The summed E-state index contributed by atoms with van der Waals surface area (Å²) in [4.78, 5) is 22.5. The smallest absolute Gasteiger partial charge is 0.303 e. The number of thioether (sulfide) groups is 1. The lowest BCUT2D eigenvalue weighted by molar-refractivity contribution is -0.137. The molecule has 0 bridgehead atoms. The molecule has 2 rings (SSSR count). The molecule has 0 aliphatic heterocycles. The third-order valence-corrected chi connectivity index (χ3v) is 4.45. The van der Waals surface area contributed by atoms with Crippen molar-refractivity contribution in [2.45, 2.75) is 25.5 Å². The molecule has 5 heteroatoms. The predicted molar refractivity (Wildman–Crippen MR) is 98.4 cm³/mol. The van der Waals surface area contributed by atoms with Crippen LogP contribution >= 0.6 is 11.8 Å². The van der Waals surface area contributed by atoms with Gasteiger partial charge in [0.2, 0.25) is 5.91 Å². The number of rotatable bonds is 8. The van der Waals surface area contributed by atoms with Crippen molar-refractivity contribution in [3.63, 3.8) is 0 Å². The first-order valence-corrected chi connectivity index (χ1v) is 8.92. The van der Waals surface area contributed by atoms with E-state index >= 15 is 0 Å². The quantitative estimate of drug-likeness (QED) is 0.763. The van der Waals surface area contributed by atoms with Crippen LogP contribution in [0.2, 0.25) is 0 Å². The first kappa shape index (κ1) is 18.1. The molecule has 2 aromatic rings. The topological polar surface area (TPSA) is 66.4 Å². The standard InChI is InChI=1S/C19H21NO3S/c1-14-3-2-4-16(11-14)12-24-13-18(21)20-17-8-5-15(6-9-17)7-10-19(22)23/h2-6,8-9,11H,7,10,12-13H2,1H3,(H,20,21)(H,22,23). The molecule has 2 N–H and O–H groups in total. The van der Waals surface area contributed by atoms with Crippen molar-refractivity contribution < 1.29 is 14.7 Å². The Bertz CT molecular complexity index is 698. The number of benzene rings is 2. The molecule has 0 fully saturated rings. The molecule has 0 saturated carbocycles. The number of hydrogen-bond donors (Lipinski definition) is 2. The number of amides is 1. The highest BCUT2D eigenvalue weighted by molar-refractivity contribution is 7.99. The SMILES string of the molecule is Cc1cccc(CSCC(=O)Nc2ccc(CCC(=O)O)cc2)c1. The van der Waals surface area contributed by atoms with Crippen LogP contribution in [0.5, 0.6) is 0 Å². The third kappa shape index (κ3) is 6.46. The van der Waals surface area contributed by atoms with Gasteiger partial charge >= 0.3 is 5.97 Å². The van der Waals surface area contributed by atoms with E-state index in [9.17, 15) is 9.59 Å². The van der Waals surface area contributed by atoms with Gasteiger partial charge in [0, 0.05) is 17.9 Å². The van der Waals surface area contributed by atoms with Crippen molar-refractivity contribution in [2.75, 3.05) is 11.1 Å². The number of carbonyl (C=O) groups excluding carboxylic acids is 1. The predicted octanol–water partition coefficient (Wildman–Crippen LogP) is 3.88. The van der Waals surface area contributed by atoms with Gasteiger partial charge in [-0.1, -0.05) is 42.0 Å². The fourth-order valence-corrected chi connectivity index (χ4v) is 3.04. The maximum absolute atomic E-state index is 12.0. The molecular weight excluding hydrogens is 322 g/mol. The Morgan fingerprint density at radius 3 is 2.50 bits per heavy atom. The van der Waals surface area contributed by atoms with Crippen molar-refractivity contribution in [1.82, 2.24) is 0 Å². The lowest BCUT2D eigenvalue weighted by Gasteiger charge is -2.07. The maximum atomic E-state index is 12.0. The van der Waals surface area contributed by atoms with Gasteiger partial charge in [-0.3, -0.25) is 9.59 Å². The van der Waals surface area contributed by atoms with Gasteiger partial charge in [-0.05, 0) is 36.6 Å². The minimum atomic E-state index is -0.807. The van der Waals surface area contributed by atoms with Crippen molar-refractivity contribution in [2.24, 2.45) is 0 Å². The summed E-state index contributed by atoms with van der Waals surface area (Å²) in [6.07, 6.45) is 0.608. The highest BCUT2D eigenvalue weighted by Gasteiger charge is 2.04. The van der Waals surface area contributed by atoms with Gasteiger partial charge in [0.1, 0.15) is 0 Å². The fourth-order valence-electron chi connectivity index (χ4n) is 2.27. The molecule has 0 heterocycles. The molecule has 4 nitrogen and oxygen atoms in total. The zero-order chi connectivity index (χ0) is 17.4. The van der Waals surface area contributed by atoms with E-state index in [0.29, 0.717) is 12.2 Å². The highest BCUT2D eigenvalue weighted by atomic mass is 32.2. The molecule has 126 valence electrons. The van der Waals surface area contributed by atoms with E-state index in [0.717, 1.165) is 17.0 Å². The number of carboxylic acids is 1. The van der Waals surface area contributed by atoms with Crippen molar-refractivity contribution in [3.05, 3.63) is 65.2 Å². The Labute approximate surface area is 146 Å². The van der Waals surface area contributed by atoms with E-state index in [1.165, 1.54) is 11.1 Å². The number of carbonyl (C=O) groups is 2. The van der Waals surface area contributed by atoms with E-state index in [1.807, 2.05) is 18.2 Å². The molecule has 0 aliphatic carbocycles. The molecule has 1 amide bonds. The van der Waals surface area contributed by atoms with Crippen LogP contribution in [0.1, 0.15) is 23.1 Å². The second-order valence-corrected chi connectivity index (χ2v) is 6.61. The molecular formula is C19H21NO3S. The van der Waals surface area contributed by atoms with E-state index in [1.54, 1.807) is 23.9 Å². The van der Waals surface area contributed by atoms with Gasteiger partial charge < -0.3 is 10.4 Å². The Kier molecular flexibility index (Phi) is 6.88. The third-order valence-electron chi connectivity index (χ3n) is 3.45. The van der Waals surface area contributed by atoms with E-state index in [-0.39, 0.29) is 12.3 Å². The normalized spacial score (nSPS) is 10.4. The average molecular weight is 343 g/mol. The van der Waals surface area contributed by atoms with Crippen LogP contribution in [0.3, 0.4) is 0 Å². The first-order valence-electron chi connectivity index (χ1n) is 7.77. The van der Waals surface area contributed by atoms with Crippen molar-refractivity contribution >= 4 is 29.3 Å². The Hall–Kier alpha value is -2.27. The number of aryl methyl sites for hydroxylation is 2. The van der Waals surface area contributed by atoms with E-state index in [4.69, 9.17) is 5.11 Å². The van der Waals surface area contributed by atoms with Crippen LogP contribution < -0.4 is 5.32 Å². The summed E-state index contributed by atoms with van der Waals surface area (Å²) >= 11 is 1.58. The van der Waals surface area contributed by atoms with Crippen LogP contribution in [-0.2, 0) is 21.8 Å². The van der Waals surface area contributed by atoms with Gasteiger partial charge in [0.25, 0.3) is 0 Å². The summed E-state index contributed by atoms with van der Waals surface area (Å²) in [5.74, 6) is 0.363. The van der Waals surface area contributed by atoms with E-state index in [2.05, 4.69) is 30.4 Å². The molecule has 2 aromatic carbocycles. The number of hydrogen-bond acceptors (Lipinski definition) is 3. The summed E-state index contributed by atoms with van der Waals surface area (Å²) in [7, 11) is 0. The second-order valence-electron chi connectivity index (χ2n) is 5.62. The minimum absolute atomic E-state index is 0.0362. The molecule has 0 aromatic heterocycles. The van der Waals surface area contributed by atoms with Crippen LogP contribution in [0.4, 0.5) is 5.69 Å². The zero-order valence-corrected chi connectivity index (χ0v) is 14.4. The monoisotopic (exact) mass is 343 g/mol. The highest BCUT2D eigenvalue weighted by Crippen LogP contribution is 2.15. The van der Waals surface area contributed by atoms with E-state index < -0.39 is 5.97 Å². The van der Waals surface area contributed by atoms with Crippen LogP contribution in [0, 0.1) is 6.92 Å². The lowest BCUT2D eigenvalue weighted by atomic mass is 10.1.